The summed E-state index contributed by atoms with van der Waals surface area (Å²) in [5, 5.41) is 2.26. The molecular formula is C7H11F3N2O. The van der Waals surface area contributed by atoms with Crippen LogP contribution in [-0.4, -0.2) is 24.7 Å². The zero-order chi connectivity index (χ0) is 10.1. The minimum Gasteiger partial charge on any atom is -0.369 e. The fourth-order valence-corrected chi connectivity index (χ4v) is 1.54. The van der Waals surface area contributed by atoms with Gasteiger partial charge >= 0.3 is 6.18 Å². The number of piperidine rings is 1. The largest absolute Gasteiger partial charge is 0.404 e. The zero-order valence-electron chi connectivity index (χ0n) is 6.90. The van der Waals surface area contributed by atoms with Gasteiger partial charge in [0.05, 0.1) is 5.92 Å². The summed E-state index contributed by atoms with van der Waals surface area (Å²) in [6.07, 6.45) is -3.62. The first kappa shape index (κ1) is 10.3. The van der Waals surface area contributed by atoms with Crippen molar-refractivity contribution in [3.63, 3.8) is 0 Å². The van der Waals surface area contributed by atoms with E-state index in [1.165, 1.54) is 0 Å². The van der Waals surface area contributed by atoms with Crippen LogP contribution in [0.2, 0.25) is 0 Å². The molecule has 0 aliphatic carbocycles. The SMILES string of the molecule is NC(=O)[C@H]1CCCN[C@@H]1C(F)(F)F. The molecule has 3 N–H and O–H groups in total. The lowest BCUT2D eigenvalue weighted by molar-refractivity contribution is -0.176. The maximum absolute atomic E-state index is 12.3. The van der Waals surface area contributed by atoms with Crippen LogP contribution in [-0.2, 0) is 4.79 Å². The zero-order valence-corrected chi connectivity index (χ0v) is 6.90. The Hall–Kier alpha value is -0.780. The second-order valence-electron chi connectivity index (χ2n) is 3.12. The molecule has 3 nitrogen and oxygen atoms in total. The van der Waals surface area contributed by atoms with E-state index in [1.807, 2.05) is 0 Å². The van der Waals surface area contributed by atoms with Gasteiger partial charge in [-0.05, 0) is 19.4 Å². The number of halogens is 3. The Morgan fingerprint density at radius 1 is 1.46 bits per heavy atom. The van der Waals surface area contributed by atoms with Gasteiger partial charge in [-0.3, -0.25) is 4.79 Å². The summed E-state index contributed by atoms with van der Waals surface area (Å²) in [6.45, 7) is 0.286. The number of carbonyl (C=O) groups is 1. The smallest absolute Gasteiger partial charge is 0.369 e. The standard InChI is InChI=1S/C7H11F3N2O/c8-7(9,10)5-4(6(11)13)2-1-3-12-5/h4-5,12H,1-3H2,(H2,11,13)/t4-,5-/m0/s1. The highest BCUT2D eigenvalue weighted by Crippen LogP contribution is 2.30. The molecule has 0 unspecified atom stereocenters. The van der Waals surface area contributed by atoms with Crippen molar-refractivity contribution in [2.24, 2.45) is 11.7 Å². The van der Waals surface area contributed by atoms with E-state index in [0.29, 0.717) is 6.42 Å². The topological polar surface area (TPSA) is 55.1 Å². The molecule has 1 amide bonds. The van der Waals surface area contributed by atoms with Crippen LogP contribution in [0.1, 0.15) is 12.8 Å². The molecule has 2 atom stereocenters. The van der Waals surface area contributed by atoms with E-state index in [1.54, 1.807) is 0 Å². The summed E-state index contributed by atoms with van der Waals surface area (Å²) < 4.78 is 36.8. The predicted octanol–water partition coefficient (Wildman–Crippen LogP) is 0.402. The molecule has 0 aromatic heterocycles. The van der Waals surface area contributed by atoms with Crippen molar-refractivity contribution < 1.29 is 18.0 Å². The van der Waals surface area contributed by atoms with Crippen molar-refractivity contribution in [2.45, 2.75) is 25.1 Å². The van der Waals surface area contributed by atoms with Crippen LogP contribution in [0, 0.1) is 5.92 Å². The summed E-state index contributed by atoms with van der Waals surface area (Å²) in [6, 6.07) is -1.77. The highest BCUT2D eigenvalue weighted by atomic mass is 19.4. The van der Waals surface area contributed by atoms with Gasteiger partial charge in [0.15, 0.2) is 0 Å². The Kier molecular flexibility index (Phi) is 2.80. The van der Waals surface area contributed by atoms with Gasteiger partial charge in [0.2, 0.25) is 5.91 Å². The molecule has 1 rings (SSSR count). The fraction of sp³-hybridized carbons (Fsp3) is 0.857. The van der Waals surface area contributed by atoms with Crippen LogP contribution in [0.25, 0.3) is 0 Å². The van der Waals surface area contributed by atoms with Crippen LogP contribution in [0.15, 0.2) is 0 Å². The molecule has 0 aromatic rings. The summed E-state index contributed by atoms with van der Waals surface area (Å²) in [4.78, 5) is 10.7. The van der Waals surface area contributed by atoms with E-state index >= 15 is 0 Å². The molecular weight excluding hydrogens is 185 g/mol. The molecule has 1 aliphatic heterocycles. The quantitative estimate of drug-likeness (QED) is 0.637. The van der Waals surface area contributed by atoms with E-state index in [0.717, 1.165) is 0 Å². The number of rotatable bonds is 1. The molecule has 1 aliphatic rings. The lowest BCUT2D eigenvalue weighted by Gasteiger charge is -2.31. The van der Waals surface area contributed by atoms with Gasteiger partial charge < -0.3 is 11.1 Å². The average molecular weight is 196 g/mol. The Bertz CT molecular complexity index is 204. The molecule has 1 heterocycles. The lowest BCUT2D eigenvalue weighted by atomic mass is 9.90. The van der Waals surface area contributed by atoms with Gasteiger partial charge in [0.25, 0.3) is 0 Å². The van der Waals surface area contributed by atoms with Crippen molar-refractivity contribution in [2.75, 3.05) is 6.54 Å². The van der Waals surface area contributed by atoms with E-state index < -0.39 is 24.0 Å². The molecule has 1 fully saturated rings. The number of alkyl halides is 3. The van der Waals surface area contributed by atoms with Gasteiger partial charge in [-0.25, -0.2) is 0 Å². The normalized spacial score (nSPS) is 30.1. The third-order valence-electron chi connectivity index (χ3n) is 2.18. The van der Waals surface area contributed by atoms with Crippen LogP contribution < -0.4 is 11.1 Å². The van der Waals surface area contributed by atoms with Crippen LogP contribution in [0.3, 0.4) is 0 Å². The predicted molar refractivity (Wildman–Crippen MR) is 39.8 cm³/mol. The van der Waals surface area contributed by atoms with E-state index in [2.05, 4.69) is 5.32 Å². The highest BCUT2D eigenvalue weighted by molar-refractivity contribution is 5.77. The van der Waals surface area contributed by atoms with E-state index in [9.17, 15) is 18.0 Å². The third-order valence-corrected chi connectivity index (χ3v) is 2.18. The minimum absolute atomic E-state index is 0.215. The van der Waals surface area contributed by atoms with Crippen LogP contribution in [0.4, 0.5) is 13.2 Å². The molecule has 13 heavy (non-hydrogen) atoms. The number of amides is 1. The maximum Gasteiger partial charge on any atom is 0.404 e. The summed E-state index contributed by atoms with van der Waals surface area (Å²) in [5.41, 5.74) is 4.88. The third kappa shape index (κ3) is 2.33. The van der Waals surface area contributed by atoms with Crippen molar-refractivity contribution >= 4 is 5.91 Å². The molecule has 0 spiro atoms. The Labute approximate surface area is 73.5 Å². The lowest BCUT2D eigenvalue weighted by Crippen LogP contribution is -2.54. The molecule has 6 heteroatoms. The molecule has 0 bridgehead atoms. The van der Waals surface area contributed by atoms with Crippen molar-refractivity contribution in [1.29, 1.82) is 0 Å². The van der Waals surface area contributed by atoms with Gasteiger partial charge in [-0.1, -0.05) is 0 Å². The first-order chi connectivity index (χ1) is 5.93. The minimum atomic E-state index is -4.39. The van der Waals surface area contributed by atoms with Gasteiger partial charge in [0.1, 0.15) is 6.04 Å². The van der Waals surface area contributed by atoms with Crippen LogP contribution >= 0.6 is 0 Å². The Balaban J connectivity index is 2.73. The molecule has 0 saturated carbocycles. The molecule has 0 radical (unpaired) electrons. The Morgan fingerprint density at radius 3 is 2.46 bits per heavy atom. The Morgan fingerprint density at radius 2 is 2.08 bits per heavy atom. The number of nitrogens with two attached hydrogens (primary N) is 1. The first-order valence-corrected chi connectivity index (χ1v) is 4.02. The van der Waals surface area contributed by atoms with Gasteiger partial charge in [0, 0.05) is 0 Å². The van der Waals surface area contributed by atoms with Crippen molar-refractivity contribution in [1.82, 2.24) is 5.32 Å². The second-order valence-corrected chi connectivity index (χ2v) is 3.12. The number of carbonyl (C=O) groups excluding carboxylic acids is 1. The highest BCUT2D eigenvalue weighted by Gasteiger charge is 2.47. The van der Waals surface area contributed by atoms with Gasteiger partial charge in [-0.15, -0.1) is 0 Å². The number of nitrogens with one attached hydrogen (secondary N) is 1. The molecule has 0 aromatic carbocycles. The van der Waals surface area contributed by atoms with Crippen molar-refractivity contribution in [3.8, 4) is 0 Å². The number of hydrogen-bond donors (Lipinski definition) is 2. The van der Waals surface area contributed by atoms with Crippen molar-refractivity contribution in [3.05, 3.63) is 0 Å². The maximum atomic E-state index is 12.3. The summed E-state index contributed by atoms with van der Waals surface area (Å²) in [5.74, 6) is -2.00. The van der Waals surface area contributed by atoms with Crippen LogP contribution in [0.5, 0.6) is 0 Å². The van der Waals surface area contributed by atoms with Gasteiger partial charge in [-0.2, -0.15) is 13.2 Å². The number of hydrogen-bond acceptors (Lipinski definition) is 2. The molecule has 76 valence electrons. The summed E-state index contributed by atoms with van der Waals surface area (Å²) >= 11 is 0. The average Bonchev–Trinajstić information content (AvgIpc) is 2.03. The fourth-order valence-electron chi connectivity index (χ4n) is 1.54. The first-order valence-electron chi connectivity index (χ1n) is 4.02. The monoisotopic (exact) mass is 196 g/mol. The van der Waals surface area contributed by atoms with E-state index in [-0.39, 0.29) is 13.0 Å². The number of primary amides is 1. The second kappa shape index (κ2) is 3.53. The summed E-state index contributed by atoms with van der Waals surface area (Å²) in [7, 11) is 0. The van der Waals surface area contributed by atoms with E-state index in [4.69, 9.17) is 5.73 Å². The molecule has 1 saturated heterocycles.